The summed E-state index contributed by atoms with van der Waals surface area (Å²) in [6, 6.07) is 1.82. The molecule has 0 fully saturated rings. The van der Waals surface area contributed by atoms with Crippen molar-refractivity contribution in [2.45, 2.75) is 376 Å². The van der Waals surface area contributed by atoms with Gasteiger partial charge in [-0.05, 0) is 160 Å². The predicted molar refractivity (Wildman–Crippen MR) is 388 cm³/mol. The summed E-state index contributed by atoms with van der Waals surface area (Å²) in [5.74, 6) is 8.99. The maximum atomic E-state index is 11.0. The Bertz CT molecular complexity index is 1200. The molecule has 2 amide bonds. The van der Waals surface area contributed by atoms with Crippen LogP contribution in [0.4, 0.5) is 0 Å². The fourth-order valence-electron chi connectivity index (χ4n) is 6.56. The van der Waals surface area contributed by atoms with Crippen molar-refractivity contribution in [2.24, 2.45) is 71.0 Å². The lowest BCUT2D eigenvalue weighted by Crippen LogP contribution is -2.30. The van der Waals surface area contributed by atoms with Crippen molar-refractivity contribution in [1.29, 1.82) is 0 Å². The minimum atomic E-state index is 0.157. The quantitative estimate of drug-likeness (QED) is 0.0461. The molecule has 0 bridgehead atoms. The van der Waals surface area contributed by atoms with Crippen LogP contribution in [0.5, 0.6) is 0 Å². The van der Waals surface area contributed by atoms with E-state index in [2.05, 4.69) is 160 Å². The van der Waals surface area contributed by atoms with Crippen molar-refractivity contribution in [3.63, 3.8) is 0 Å². The lowest BCUT2D eigenvalue weighted by Gasteiger charge is -2.09. The van der Waals surface area contributed by atoms with Gasteiger partial charge in [-0.1, -0.05) is 226 Å². The Hall–Kier alpha value is -1.88. The Kier molecular flexibility index (Phi) is 86.4. The number of amides is 2. The highest BCUT2D eigenvalue weighted by Crippen LogP contribution is 2.12. The Labute approximate surface area is 543 Å². The number of carbonyl (C=O) groups excluding carboxylic acids is 4. The van der Waals surface area contributed by atoms with E-state index in [1.54, 1.807) is 0 Å². The van der Waals surface area contributed by atoms with E-state index in [0.29, 0.717) is 72.4 Å². The van der Waals surface area contributed by atoms with Crippen molar-refractivity contribution < 1.29 is 28.7 Å². The van der Waals surface area contributed by atoms with Gasteiger partial charge in [0.05, 0.1) is 12.2 Å². The molecule has 10 nitrogen and oxygen atoms in total. The van der Waals surface area contributed by atoms with Gasteiger partial charge < -0.3 is 30.7 Å². The van der Waals surface area contributed by atoms with Crippen LogP contribution in [0, 0.1) is 71.0 Å². The van der Waals surface area contributed by atoms with E-state index in [-0.39, 0.29) is 35.7 Å². The third-order valence-corrected chi connectivity index (χ3v) is 11.9. The van der Waals surface area contributed by atoms with Crippen molar-refractivity contribution in [2.75, 3.05) is 26.3 Å². The zero-order valence-corrected chi connectivity index (χ0v) is 65.6. The van der Waals surface area contributed by atoms with Crippen LogP contribution in [0.25, 0.3) is 0 Å². The molecule has 0 saturated carbocycles. The molecule has 0 unspecified atom stereocenters. The highest BCUT2D eigenvalue weighted by molar-refractivity contribution is 5.80. The van der Waals surface area contributed by atoms with Crippen molar-refractivity contribution >= 4 is 23.4 Å². The average Bonchev–Trinajstić information content (AvgIpc) is 3.31. The van der Waals surface area contributed by atoms with Gasteiger partial charge in [0.25, 0.3) is 0 Å². The largest absolute Gasteiger partial charge is 0.379 e. The summed E-state index contributed by atoms with van der Waals surface area (Å²) in [4.78, 5) is 44.0. The van der Waals surface area contributed by atoms with Gasteiger partial charge in [-0.25, -0.2) is 0 Å². The van der Waals surface area contributed by atoms with E-state index >= 15 is 0 Å². The second kappa shape index (κ2) is 72.2. The first-order valence-corrected chi connectivity index (χ1v) is 35.6. The molecule has 0 aliphatic rings. The second-order valence-corrected chi connectivity index (χ2v) is 30.6. The van der Waals surface area contributed by atoms with Gasteiger partial charge in [0.2, 0.25) is 11.8 Å². The van der Waals surface area contributed by atoms with Crippen LogP contribution >= 0.6 is 0 Å². The first-order chi connectivity index (χ1) is 39.2. The fraction of sp³-hybridized carbons (Fsp3) is 0.947. The smallest absolute Gasteiger partial charge is 0.220 e. The van der Waals surface area contributed by atoms with E-state index in [9.17, 15) is 19.2 Å². The number of hydrogen-bond acceptors (Lipinski definition) is 8. The van der Waals surface area contributed by atoms with Gasteiger partial charge >= 0.3 is 0 Å². The number of hydrogen-bond donors (Lipinski definition) is 4. The van der Waals surface area contributed by atoms with E-state index in [4.69, 9.17) is 9.47 Å². The van der Waals surface area contributed by atoms with Gasteiger partial charge in [0.1, 0.15) is 11.6 Å². The Morgan fingerprint density at radius 3 is 0.698 bits per heavy atom. The SMILES string of the molecule is CC(C)CC(=O)NC(C)C.CC(C)CC(=O)NC(C)C.CC(C)CCC(=O)C(C)C.CC(C)CCC(=O)C(C)C.CC(C)CCC(C)C.CC(C)CCCC(C)C.CC(C)CCNC(C)C.CC(C)CCNC(C)C.CC(C)OCCCOC(C)C. The lowest BCUT2D eigenvalue weighted by atomic mass is 10.00. The fourth-order valence-corrected chi connectivity index (χ4v) is 6.56. The molecule has 0 aromatic carbocycles. The molecule has 0 spiro atoms. The zero-order valence-electron chi connectivity index (χ0n) is 65.6. The van der Waals surface area contributed by atoms with Gasteiger partial charge in [-0.3, -0.25) is 19.2 Å². The van der Waals surface area contributed by atoms with Crippen LogP contribution in [0.3, 0.4) is 0 Å². The minimum absolute atomic E-state index is 0.157. The summed E-state index contributed by atoms with van der Waals surface area (Å²) in [6.45, 7) is 80.6. The van der Waals surface area contributed by atoms with Gasteiger partial charge in [0.15, 0.2) is 0 Å². The standard InChI is InChI=1S/C9H20O2.2C9H18O.C9H20.2C8H17NO.2C8H19N.C8H18/c1-8(2)10-6-5-7-11-9(3)4;2*1-7(2)5-6-9(10)8(3)4;1-8(2)6-5-7-9(3)4;2*1-6(2)5-8(10)9-7(3)4;2*1-7(2)5-6-9-8(3)4;1-7(2)5-6-8(3)4/h8-9H,5-7H2,1-4H3;2*7-8H,5-6H2,1-4H3;8-9H,5-7H2,1-4H3;2*6-7H,5H2,1-4H3,(H,9,10);2*7-9H,5-6H2,1-4H3;7-8H,5-6H2,1-4H3. The lowest BCUT2D eigenvalue weighted by molar-refractivity contribution is -0.123. The molecule has 0 rings (SSSR count). The Morgan fingerprint density at radius 2 is 0.523 bits per heavy atom. The molecule has 0 atom stereocenters. The van der Waals surface area contributed by atoms with Crippen LogP contribution in [0.1, 0.15) is 339 Å². The molecular formula is C76H166N4O6. The summed E-state index contributed by atoms with van der Waals surface area (Å²) >= 11 is 0. The summed E-state index contributed by atoms with van der Waals surface area (Å²) in [5, 5.41) is 12.4. The third-order valence-electron chi connectivity index (χ3n) is 11.9. The molecule has 86 heavy (non-hydrogen) atoms. The molecule has 526 valence electrons. The highest BCUT2D eigenvalue weighted by Gasteiger charge is 2.09. The number of ether oxygens (including phenoxy) is 2. The number of carbonyl (C=O) groups is 4. The van der Waals surface area contributed by atoms with Crippen molar-refractivity contribution in [1.82, 2.24) is 21.3 Å². The molecule has 0 aliphatic carbocycles. The number of rotatable bonds is 35. The van der Waals surface area contributed by atoms with Crippen LogP contribution < -0.4 is 21.3 Å². The molecule has 0 saturated heterocycles. The van der Waals surface area contributed by atoms with Gasteiger partial charge in [-0.15, -0.1) is 0 Å². The molecule has 0 aromatic heterocycles. The monoisotopic (exact) mass is 1230 g/mol. The molecule has 4 N–H and O–H groups in total. The van der Waals surface area contributed by atoms with E-state index < -0.39 is 0 Å². The van der Waals surface area contributed by atoms with E-state index in [0.717, 1.165) is 93.9 Å². The summed E-state index contributed by atoms with van der Waals surface area (Å²) in [5.41, 5.74) is 0. The average molecular weight is 1230 g/mol. The Morgan fingerprint density at radius 1 is 0.279 bits per heavy atom. The molecule has 0 heterocycles. The van der Waals surface area contributed by atoms with Gasteiger partial charge in [0, 0.05) is 74.9 Å². The summed E-state index contributed by atoms with van der Waals surface area (Å²) in [6.07, 6.45) is 16.1. The maximum Gasteiger partial charge on any atom is 0.220 e. The topological polar surface area (TPSA) is 135 Å². The number of ketones is 2. The molecule has 0 radical (unpaired) electrons. The predicted octanol–water partition coefficient (Wildman–Crippen LogP) is 21.2. The van der Waals surface area contributed by atoms with Crippen molar-refractivity contribution in [3.8, 4) is 0 Å². The maximum absolute atomic E-state index is 11.0. The first kappa shape index (κ1) is 103. The summed E-state index contributed by atoms with van der Waals surface area (Å²) < 4.78 is 10.7. The highest BCUT2D eigenvalue weighted by atomic mass is 16.5. The first-order valence-electron chi connectivity index (χ1n) is 35.6. The number of Topliss-reactive ketones (excluding diaryl/α,β-unsaturated/α-hetero) is 2. The number of nitrogens with one attached hydrogen (secondary N) is 4. The van der Waals surface area contributed by atoms with E-state index in [1.807, 2.05) is 111 Å². The molecular weight excluding hydrogens is 1060 g/mol. The molecule has 10 heteroatoms. The minimum Gasteiger partial charge on any atom is -0.379 e. The van der Waals surface area contributed by atoms with Crippen LogP contribution in [0.15, 0.2) is 0 Å². The van der Waals surface area contributed by atoms with Crippen LogP contribution in [0.2, 0.25) is 0 Å². The normalized spacial score (nSPS) is 11.1. The molecule has 0 aromatic rings. The van der Waals surface area contributed by atoms with Crippen molar-refractivity contribution in [3.05, 3.63) is 0 Å². The summed E-state index contributed by atoms with van der Waals surface area (Å²) in [7, 11) is 0. The second-order valence-electron chi connectivity index (χ2n) is 30.6. The van der Waals surface area contributed by atoms with E-state index in [1.165, 1.54) is 44.9 Å². The van der Waals surface area contributed by atoms with Gasteiger partial charge in [-0.2, -0.15) is 0 Å². The van der Waals surface area contributed by atoms with Crippen LogP contribution in [-0.4, -0.2) is 86.1 Å². The van der Waals surface area contributed by atoms with Crippen LogP contribution in [-0.2, 0) is 28.7 Å². The third kappa shape index (κ3) is 136. The zero-order chi connectivity index (χ0) is 69.7. The Balaban J connectivity index is -0.000000111. The molecule has 0 aliphatic heterocycles.